The average molecular weight is 565 g/mol. The molecular formula is C36H68O4. The molecule has 0 rings (SSSR count). The van der Waals surface area contributed by atoms with Crippen LogP contribution >= 0.6 is 0 Å². The van der Waals surface area contributed by atoms with Gasteiger partial charge in [-0.05, 0) is 13.8 Å². The first-order chi connectivity index (χ1) is 19.4. The Morgan fingerprint density at radius 1 is 0.400 bits per heavy atom. The molecule has 236 valence electrons. The number of hydrogen-bond acceptors (Lipinski definition) is 4. The van der Waals surface area contributed by atoms with Crippen LogP contribution in [-0.4, -0.2) is 25.2 Å². The minimum atomic E-state index is -0.489. The van der Waals surface area contributed by atoms with Gasteiger partial charge in [-0.1, -0.05) is 181 Å². The van der Waals surface area contributed by atoms with E-state index in [1.54, 1.807) is 13.8 Å². The molecule has 0 heterocycles. The van der Waals surface area contributed by atoms with Gasteiger partial charge in [-0.25, -0.2) is 9.59 Å². The number of unbranched alkanes of at least 4 members (excludes halogenated alkanes) is 23. The van der Waals surface area contributed by atoms with Gasteiger partial charge in [0.1, 0.15) is 13.2 Å². The first kappa shape index (κ1) is 40.6. The molecule has 0 bridgehead atoms. The first-order valence-corrected chi connectivity index (χ1v) is 17.0. The van der Waals surface area contributed by atoms with E-state index in [1.165, 1.54) is 154 Å². The molecule has 0 aromatic carbocycles. The zero-order valence-electron chi connectivity index (χ0n) is 27.4. The zero-order valence-corrected chi connectivity index (χ0v) is 27.4. The third-order valence-electron chi connectivity index (χ3n) is 7.20. The normalized spacial score (nSPS) is 10.5. The Morgan fingerprint density at radius 2 is 0.575 bits per heavy atom. The monoisotopic (exact) mass is 565 g/mol. The molecule has 0 aromatic rings. The maximum absolute atomic E-state index is 10.8. The fraction of sp³-hybridized carbons (Fsp3) is 0.833. The molecule has 0 radical (unpaired) electrons. The number of carbonyl (C=O) groups excluding carboxylic acids is 2. The second-order valence-corrected chi connectivity index (χ2v) is 11.6. The van der Waals surface area contributed by atoms with Crippen LogP contribution in [0.1, 0.15) is 182 Å². The van der Waals surface area contributed by atoms with E-state index in [1.807, 2.05) is 0 Å². The van der Waals surface area contributed by atoms with Crippen molar-refractivity contribution in [2.24, 2.45) is 0 Å². The van der Waals surface area contributed by atoms with Gasteiger partial charge in [0.2, 0.25) is 0 Å². The van der Waals surface area contributed by atoms with Crippen LogP contribution in [0.3, 0.4) is 0 Å². The number of esters is 2. The van der Waals surface area contributed by atoms with Gasteiger partial charge in [-0.3, -0.25) is 0 Å². The third kappa shape index (κ3) is 34.4. The van der Waals surface area contributed by atoms with Crippen molar-refractivity contribution < 1.29 is 19.1 Å². The molecular weight excluding hydrogens is 496 g/mol. The number of carbonyl (C=O) groups is 2. The second kappa shape index (κ2) is 33.6. The molecule has 0 fully saturated rings. The van der Waals surface area contributed by atoms with Crippen LogP contribution in [0.25, 0.3) is 0 Å². The minimum absolute atomic E-state index is 0.0325. The maximum atomic E-state index is 10.8. The Labute approximate surface area is 250 Å². The van der Waals surface area contributed by atoms with Gasteiger partial charge in [0.05, 0.1) is 0 Å². The lowest BCUT2D eigenvalue weighted by atomic mass is 10.0. The molecule has 0 aromatic heterocycles. The van der Waals surface area contributed by atoms with Gasteiger partial charge in [0.15, 0.2) is 0 Å². The van der Waals surface area contributed by atoms with Gasteiger partial charge < -0.3 is 9.47 Å². The first-order valence-electron chi connectivity index (χ1n) is 17.0. The van der Waals surface area contributed by atoms with Crippen LogP contribution in [0.4, 0.5) is 0 Å². The molecule has 0 atom stereocenters. The summed E-state index contributed by atoms with van der Waals surface area (Å²) in [6.45, 7) is 14.6. The van der Waals surface area contributed by atoms with Crippen molar-refractivity contribution in [3.05, 3.63) is 24.3 Å². The summed E-state index contributed by atoms with van der Waals surface area (Å²) in [6.07, 6.45) is 35.4. The molecule has 4 nitrogen and oxygen atoms in total. The molecule has 4 heteroatoms. The second-order valence-electron chi connectivity index (χ2n) is 11.6. The summed E-state index contributed by atoms with van der Waals surface area (Å²) in [5, 5.41) is 0. The van der Waals surface area contributed by atoms with E-state index in [2.05, 4.69) is 36.5 Å². The number of hydrogen-bond donors (Lipinski definition) is 0. The molecule has 0 spiro atoms. The van der Waals surface area contributed by atoms with Gasteiger partial charge in [0.25, 0.3) is 0 Å². The minimum Gasteiger partial charge on any atom is -0.459 e. The molecule has 0 unspecified atom stereocenters. The highest BCUT2D eigenvalue weighted by atomic mass is 16.6. The summed E-state index contributed by atoms with van der Waals surface area (Å²) in [5.41, 5.74) is 0.632. The highest BCUT2D eigenvalue weighted by Crippen LogP contribution is 2.15. The van der Waals surface area contributed by atoms with E-state index >= 15 is 0 Å². The summed E-state index contributed by atoms with van der Waals surface area (Å²) in [4.78, 5) is 21.7. The highest BCUT2D eigenvalue weighted by Gasteiger charge is 2.05. The number of rotatable bonds is 28. The van der Waals surface area contributed by atoms with Gasteiger partial charge in [-0.2, -0.15) is 0 Å². The summed E-state index contributed by atoms with van der Waals surface area (Å²) in [5.74, 6) is -0.979. The highest BCUT2D eigenvalue weighted by molar-refractivity contribution is 5.87. The van der Waals surface area contributed by atoms with Crippen molar-refractivity contribution in [1.29, 1.82) is 0 Å². The van der Waals surface area contributed by atoms with E-state index in [-0.39, 0.29) is 13.2 Å². The quantitative estimate of drug-likeness (QED) is 0.0538. The Kier molecular flexibility index (Phi) is 34.1. The van der Waals surface area contributed by atoms with Crippen LogP contribution in [0, 0.1) is 0 Å². The Balaban J connectivity index is 0. The summed E-state index contributed by atoms with van der Waals surface area (Å²) in [6, 6.07) is 0. The topological polar surface area (TPSA) is 52.6 Å². The Bertz CT molecular complexity index is 544. The van der Waals surface area contributed by atoms with Crippen LogP contribution in [0.5, 0.6) is 0 Å². The Morgan fingerprint density at radius 3 is 0.725 bits per heavy atom. The lowest BCUT2D eigenvalue weighted by Crippen LogP contribution is -2.14. The maximum Gasteiger partial charge on any atom is 0.333 e. The number of ether oxygens (including phenoxy) is 2. The molecule has 0 N–H and O–H groups in total. The van der Waals surface area contributed by atoms with Crippen LogP contribution in [-0.2, 0) is 19.1 Å². The summed E-state index contributed by atoms with van der Waals surface area (Å²) in [7, 11) is 0. The molecule has 0 aliphatic rings. The zero-order chi connectivity index (χ0) is 30.1. The molecule has 0 aliphatic heterocycles. The van der Waals surface area contributed by atoms with E-state index in [4.69, 9.17) is 0 Å². The van der Waals surface area contributed by atoms with Gasteiger partial charge >= 0.3 is 11.9 Å². The van der Waals surface area contributed by atoms with Crippen molar-refractivity contribution in [1.82, 2.24) is 0 Å². The standard InChI is InChI=1S/C26H54.C10H14O4/c1-3-5-7-9-11-13-15-17-19-21-23-25-26-24-22-20-18-16-14-12-10-8-6-4-2;1-7(2)9(11)13-5-6-14-10(12)8(3)4/h3-26H2,1-2H3;1,3,5-6H2,2,4H3. The van der Waals surface area contributed by atoms with Crippen molar-refractivity contribution >= 4 is 11.9 Å². The predicted octanol–water partition coefficient (Wildman–Crippen LogP) is 11.6. The van der Waals surface area contributed by atoms with Crippen LogP contribution < -0.4 is 0 Å². The van der Waals surface area contributed by atoms with Crippen molar-refractivity contribution in [2.45, 2.75) is 182 Å². The fourth-order valence-electron chi connectivity index (χ4n) is 4.55. The third-order valence-corrected chi connectivity index (χ3v) is 7.20. The molecule has 0 aliphatic carbocycles. The smallest absolute Gasteiger partial charge is 0.333 e. The van der Waals surface area contributed by atoms with E-state index in [9.17, 15) is 9.59 Å². The van der Waals surface area contributed by atoms with Gasteiger partial charge in [-0.15, -0.1) is 0 Å². The SMILES string of the molecule is C=C(C)C(=O)OCCOC(=O)C(=C)C.CCCCCCCCCCCCCCCCCCCCCCCCCC. The largest absolute Gasteiger partial charge is 0.459 e. The van der Waals surface area contributed by atoms with Gasteiger partial charge in [0, 0.05) is 11.1 Å². The van der Waals surface area contributed by atoms with Crippen molar-refractivity contribution in [2.75, 3.05) is 13.2 Å². The predicted molar refractivity (Wildman–Crippen MR) is 174 cm³/mol. The average Bonchev–Trinajstić information content (AvgIpc) is 2.93. The Hall–Kier alpha value is -1.58. The van der Waals surface area contributed by atoms with Crippen molar-refractivity contribution in [3.8, 4) is 0 Å². The molecule has 0 saturated carbocycles. The lowest BCUT2D eigenvalue weighted by Gasteiger charge is -2.05. The van der Waals surface area contributed by atoms with Crippen LogP contribution in [0.2, 0.25) is 0 Å². The molecule has 40 heavy (non-hydrogen) atoms. The lowest BCUT2D eigenvalue weighted by molar-refractivity contribution is -0.147. The molecule has 0 saturated heterocycles. The van der Waals surface area contributed by atoms with Crippen LogP contribution in [0.15, 0.2) is 24.3 Å². The van der Waals surface area contributed by atoms with E-state index in [0.29, 0.717) is 11.1 Å². The molecule has 0 amide bonds. The van der Waals surface area contributed by atoms with Crippen molar-refractivity contribution in [3.63, 3.8) is 0 Å². The summed E-state index contributed by atoms with van der Waals surface area (Å²) < 4.78 is 9.38. The fourth-order valence-corrected chi connectivity index (χ4v) is 4.55. The summed E-state index contributed by atoms with van der Waals surface area (Å²) >= 11 is 0. The van der Waals surface area contributed by atoms with E-state index < -0.39 is 11.9 Å². The van der Waals surface area contributed by atoms with E-state index in [0.717, 1.165) is 0 Å².